The number of likely N-dealkylation sites (N-methyl/N-ethyl adjacent to an activating group) is 1. The lowest BCUT2D eigenvalue weighted by molar-refractivity contribution is -0.156. The third kappa shape index (κ3) is 2.67. The molecule has 3 saturated heterocycles. The van der Waals surface area contributed by atoms with Crippen LogP contribution >= 0.6 is 0 Å². The Kier molecular flexibility index (Phi) is 3.87. The number of carbonyl (C=O) groups excluding carboxylic acids is 1. The van der Waals surface area contributed by atoms with Gasteiger partial charge in [0.05, 0.1) is 6.61 Å². The van der Waals surface area contributed by atoms with E-state index in [0.717, 1.165) is 18.4 Å². The minimum atomic E-state index is -0.357. The van der Waals surface area contributed by atoms with Crippen LogP contribution in [0.25, 0.3) is 0 Å². The lowest BCUT2D eigenvalue weighted by atomic mass is 9.97. The molecule has 1 unspecified atom stereocenters. The highest BCUT2D eigenvalue weighted by Gasteiger charge is 2.62. The number of ether oxygens (including phenoxy) is 3. The normalized spacial score (nSPS) is 36.3. The zero-order valence-electron chi connectivity index (χ0n) is 13.6. The summed E-state index contributed by atoms with van der Waals surface area (Å²) in [6.45, 7) is 0.344. The van der Waals surface area contributed by atoms with Crippen LogP contribution in [-0.2, 0) is 19.0 Å². The Hall–Kier alpha value is -1.43. The van der Waals surface area contributed by atoms with E-state index in [4.69, 9.17) is 14.2 Å². The number of esters is 1. The van der Waals surface area contributed by atoms with E-state index >= 15 is 0 Å². The van der Waals surface area contributed by atoms with Gasteiger partial charge in [-0.05, 0) is 12.6 Å². The molecule has 1 aromatic rings. The Morgan fingerprint density at radius 1 is 1.26 bits per heavy atom. The highest BCUT2D eigenvalue weighted by Crippen LogP contribution is 2.48. The summed E-state index contributed by atoms with van der Waals surface area (Å²) >= 11 is 0. The average Bonchev–Trinajstić information content (AvgIpc) is 3.31. The predicted molar refractivity (Wildman–Crippen MR) is 84.2 cm³/mol. The summed E-state index contributed by atoms with van der Waals surface area (Å²) in [7, 11) is 3.77. The van der Waals surface area contributed by atoms with E-state index in [9.17, 15) is 4.79 Å². The van der Waals surface area contributed by atoms with Crippen LogP contribution in [0.1, 0.15) is 24.3 Å². The molecular formula is C18H23NO4. The minimum absolute atomic E-state index is 0.00633. The molecule has 3 heterocycles. The topological polar surface area (TPSA) is 51.3 Å². The second-order valence-electron chi connectivity index (χ2n) is 6.81. The molecule has 23 heavy (non-hydrogen) atoms. The van der Waals surface area contributed by atoms with Gasteiger partial charge in [0.25, 0.3) is 0 Å². The molecule has 2 bridgehead atoms. The van der Waals surface area contributed by atoms with Crippen LogP contribution in [0.5, 0.6) is 0 Å². The third-order valence-corrected chi connectivity index (χ3v) is 5.48. The Balaban J connectivity index is 1.43. The van der Waals surface area contributed by atoms with Gasteiger partial charge in [0.1, 0.15) is 24.2 Å². The molecule has 0 aliphatic carbocycles. The fourth-order valence-electron chi connectivity index (χ4n) is 4.20. The molecule has 0 saturated carbocycles. The number of piperidine rings is 1. The number of benzene rings is 1. The van der Waals surface area contributed by atoms with Crippen LogP contribution < -0.4 is 0 Å². The summed E-state index contributed by atoms with van der Waals surface area (Å²) in [4.78, 5) is 15.1. The van der Waals surface area contributed by atoms with Gasteiger partial charge in [-0.15, -0.1) is 0 Å². The molecular weight excluding hydrogens is 294 g/mol. The molecule has 3 fully saturated rings. The van der Waals surface area contributed by atoms with Gasteiger partial charge in [0, 0.05) is 32.0 Å². The van der Waals surface area contributed by atoms with Gasteiger partial charge < -0.3 is 14.2 Å². The van der Waals surface area contributed by atoms with Crippen molar-refractivity contribution >= 4 is 5.97 Å². The summed E-state index contributed by atoms with van der Waals surface area (Å²) in [5.41, 5.74) is 0.946. The zero-order chi connectivity index (χ0) is 16.0. The van der Waals surface area contributed by atoms with Crippen LogP contribution in [-0.4, -0.2) is 62.0 Å². The second-order valence-corrected chi connectivity index (χ2v) is 6.81. The molecule has 0 radical (unpaired) electrons. The molecule has 5 heteroatoms. The molecule has 0 N–H and O–H groups in total. The van der Waals surface area contributed by atoms with E-state index < -0.39 is 0 Å². The van der Waals surface area contributed by atoms with Crippen molar-refractivity contribution in [2.24, 2.45) is 0 Å². The number of nitrogens with zero attached hydrogens (tertiary/aromatic N) is 1. The van der Waals surface area contributed by atoms with Crippen LogP contribution in [0.3, 0.4) is 0 Å². The summed E-state index contributed by atoms with van der Waals surface area (Å²) < 4.78 is 16.8. The smallest absolute Gasteiger partial charge is 0.316 e. The van der Waals surface area contributed by atoms with E-state index in [1.54, 1.807) is 7.11 Å². The quantitative estimate of drug-likeness (QED) is 0.609. The van der Waals surface area contributed by atoms with Gasteiger partial charge >= 0.3 is 5.97 Å². The molecule has 3 aliphatic rings. The molecule has 3 aliphatic heterocycles. The molecule has 0 amide bonds. The first kappa shape index (κ1) is 15.1. The van der Waals surface area contributed by atoms with Gasteiger partial charge in [-0.25, -0.2) is 0 Å². The maximum Gasteiger partial charge on any atom is 0.316 e. The predicted octanol–water partition coefficient (Wildman–Crippen LogP) is 1.57. The van der Waals surface area contributed by atoms with Crippen molar-refractivity contribution in [2.75, 3.05) is 20.8 Å². The molecule has 6 atom stereocenters. The number of morpholine rings is 1. The third-order valence-electron chi connectivity index (χ3n) is 5.48. The summed E-state index contributed by atoms with van der Waals surface area (Å²) in [6, 6.07) is 10.5. The maximum atomic E-state index is 12.7. The van der Waals surface area contributed by atoms with Gasteiger partial charge in [0.2, 0.25) is 0 Å². The first-order chi connectivity index (χ1) is 11.2. The first-order valence-corrected chi connectivity index (χ1v) is 8.31. The zero-order valence-corrected chi connectivity index (χ0v) is 13.6. The summed E-state index contributed by atoms with van der Waals surface area (Å²) in [5, 5.41) is 0. The van der Waals surface area contributed by atoms with Gasteiger partial charge in [-0.1, -0.05) is 30.3 Å². The van der Waals surface area contributed by atoms with Crippen LogP contribution in [0.15, 0.2) is 30.3 Å². The van der Waals surface area contributed by atoms with E-state index in [0.29, 0.717) is 30.9 Å². The molecule has 124 valence electrons. The standard InChI is InChI=1S/C18H23NO4/c1-19-14-8-12(9-15(19)17-16(14)23-17)22-18(20)13(10-21-2)11-6-4-3-5-7-11/h3-7,12-17H,8-10H2,1-2H3/t12?,13-,14-,15+,16-,17+/m1/s1. The van der Waals surface area contributed by atoms with Crippen molar-refractivity contribution in [2.45, 2.75) is 49.2 Å². The average molecular weight is 317 g/mol. The van der Waals surface area contributed by atoms with E-state index in [1.165, 1.54) is 0 Å². The fourth-order valence-corrected chi connectivity index (χ4v) is 4.20. The molecule has 1 aromatic carbocycles. The highest BCUT2D eigenvalue weighted by atomic mass is 16.6. The van der Waals surface area contributed by atoms with Crippen molar-refractivity contribution in [3.8, 4) is 0 Å². The number of methoxy groups -OCH3 is 1. The Morgan fingerprint density at radius 3 is 2.52 bits per heavy atom. The second kappa shape index (κ2) is 5.89. The van der Waals surface area contributed by atoms with Crippen LogP contribution in [0.2, 0.25) is 0 Å². The van der Waals surface area contributed by atoms with E-state index in [2.05, 4.69) is 11.9 Å². The Bertz CT molecular complexity index is 560. The number of hydrogen-bond acceptors (Lipinski definition) is 5. The Morgan fingerprint density at radius 2 is 1.91 bits per heavy atom. The Labute approximate surface area is 136 Å². The van der Waals surface area contributed by atoms with Crippen molar-refractivity contribution < 1.29 is 19.0 Å². The SMILES string of the molecule is COC[C@@H](C(=O)OC1C[C@@H]2[C@H]3O[C@H]3[C@H](C1)N2C)c1ccccc1. The monoisotopic (exact) mass is 317 g/mol. The van der Waals surface area contributed by atoms with Crippen molar-refractivity contribution in [1.82, 2.24) is 4.90 Å². The van der Waals surface area contributed by atoms with Crippen LogP contribution in [0.4, 0.5) is 0 Å². The van der Waals surface area contributed by atoms with E-state index in [1.807, 2.05) is 30.3 Å². The molecule has 5 nitrogen and oxygen atoms in total. The number of epoxide rings is 1. The molecule has 0 aromatic heterocycles. The van der Waals surface area contributed by atoms with Crippen molar-refractivity contribution in [3.63, 3.8) is 0 Å². The van der Waals surface area contributed by atoms with Gasteiger partial charge in [-0.3, -0.25) is 9.69 Å². The summed E-state index contributed by atoms with van der Waals surface area (Å²) in [6.07, 6.45) is 2.45. The lowest BCUT2D eigenvalue weighted by Gasteiger charge is -2.38. The lowest BCUT2D eigenvalue weighted by Crippen LogP contribution is -2.48. The van der Waals surface area contributed by atoms with Gasteiger partial charge in [0.15, 0.2) is 0 Å². The van der Waals surface area contributed by atoms with Crippen molar-refractivity contribution in [3.05, 3.63) is 35.9 Å². The number of hydrogen-bond donors (Lipinski definition) is 0. The number of rotatable bonds is 5. The minimum Gasteiger partial charge on any atom is -0.462 e. The van der Waals surface area contributed by atoms with Gasteiger partial charge in [-0.2, -0.15) is 0 Å². The first-order valence-electron chi connectivity index (χ1n) is 8.31. The largest absolute Gasteiger partial charge is 0.462 e. The summed E-state index contributed by atoms with van der Waals surface area (Å²) in [5.74, 6) is -0.536. The molecule has 4 rings (SSSR count). The van der Waals surface area contributed by atoms with Crippen LogP contribution in [0, 0.1) is 0 Å². The van der Waals surface area contributed by atoms with E-state index in [-0.39, 0.29) is 18.0 Å². The maximum absolute atomic E-state index is 12.7. The molecule has 0 spiro atoms. The highest BCUT2D eigenvalue weighted by molar-refractivity contribution is 5.78. The number of carbonyl (C=O) groups is 1. The van der Waals surface area contributed by atoms with Crippen molar-refractivity contribution in [1.29, 1.82) is 0 Å². The number of fused-ring (bicyclic) bond motifs is 5. The fraction of sp³-hybridized carbons (Fsp3) is 0.611.